The van der Waals surface area contributed by atoms with Gasteiger partial charge in [-0.05, 0) is 6.42 Å². The lowest BCUT2D eigenvalue weighted by atomic mass is 9.90. The van der Waals surface area contributed by atoms with Gasteiger partial charge in [0.25, 0.3) is 11.8 Å². The van der Waals surface area contributed by atoms with Crippen LogP contribution in [0.25, 0.3) is 0 Å². The highest BCUT2D eigenvalue weighted by atomic mass is 16.2. The number of imidazole rings is 2. The molecule has 1 saturated heterocycles. The van der Waals surface area contributed by atoms with Gasteiger partial charge in [-0.15, -0.1) is 0 Å². The number of hydrogen-bond donors (Lipinski definition) is 1. The van der Waals surface area contributed by atoms with Gasteiger partial charge in [-0.1, -0.05) is 6.92 Å². The zero-order chi connectivity index (χ0) is 17.3. The van der Waals surface area contributed by atoms with Gasteiger partial charge in [0.15, 0.2) is 0 Å². The molecule has 0 aliphatic carbocycles. The van der Waals surface area contributed by atoms with Crippen molar-refractivity contribution in [1.29, 1.82) is 0 Å². The molecular formula is C16H22N6O2. The zero-order valence-corrected chi connectivity index (χ0v) is 14.2. The van der Waals surface area contributed by atoms with Gasteiger partial charge in [0.2, 0.25) is 0 Å². The zero-order valence-electron chi connectivity index (χ0n) is 14.2. The molecule has 1 unspecified atom stereocenters. The lowest BCUT2D eigenvalue weighted by Crippen LogP contribution is -2.39. The van der Waals surface area contributed by atoms with Crippen LogP contribution in [0.5, 0.6) is 0 Å². The van der Waals surface area contributed by atoms with Gasteiger partial charge in [-0.3, -0.25) is 9.59 Å². The van der Waals surface area contributed by atoms with Crippen LogP contribution in [0.15, 0.2) is 25.0 Å². The first-order valence-electron chi connectivity index (χ1n) is 7.90. The Labute approximate surface area is 140 Å². The molecule has 0 bridgehead atoms. The average Bonchev–Trinajstić information content (AvgIpc) is 3.25. The van der Waals surface area contributed by atoms with Crippen LogP contribution >= 0.6 is 0 Å². The Bertz CT molecular complexity index is 764. The van der Waals surface area contributed by atoms with Crippen molar-refractivity contribution in [2.24, 2.45) is 19.5 Å². The van der Waals surface area contributed by atoms with Gasteiger partial charge in [0, 0.05) is 39.1 Å². The van der Waals surface area contributed by atoms with Crippen LogP contribution in [0.2, 0.25) is 0 Å². The molecule has 3 rings (SSSR count). The Kier molecular flexibility index (Phi) is 4.13. The molecule has 0 radical (unpaired) electrons. The third-order valence-corrected chi connectivity index (χ3v) is 4.61. The molecule has 128 valence electrons. The summed E-state index contributed by atoms with van der Waals surface area (Å²) in [4.78, 5) is 34.5. The van der Waals surface area contributed by atoms with E-state index in [1.54, 1.807) is 41.2 Å². The molecule has 1 aliphatic rings. The lowest BCUT2D eigenvalue weighted by molar-refractivity contribution is 0.0765. The number of amides is 2. The van der Waals surface area contributed by atoms with Crippen molar-refractivity contribution in [3.8, 4) is 0 Å². The average molecular weight is 330 g/mol. The van der Waals surface area contributed by atoms with Gasteiger partial charge in [-0.25, -0.2) is 9.97 Å². The van der Waals surface area contributed by atoms with Crippen LogP contribution in [-0.4, -0.2) is 55.5 Å². The number of nitrogens with zero attached hydrogens (tertiary/aromatic N) is 5. The fourth-order valence-electron chi connectivity index (χ4n) is 3.03. The molecule has 1 fully saturated rings. The van der Waals surface area contributed by atoms with E-state index >= 15 is 0 Å². The predicted octanol–water partition coefficient (Wildman–Crippen LogP) is 0.436. The summed E-state index contributed by atoms with van der Waals surface area (Å²) in [7, 11) is 3.59. The van der Waals surface area contributed by atoms with Crippen molar-refractivity contribution < 1.29 is 9.59 Å². The van der Waals surface area contributed by atoms with E-state index in [2.05, 4.69) is 22.2 Å². The molecule has 1 atom stereocenters. The monoisotopic (exact) mass is 330 g/mol. The Hall–Kier alpha value is -2.64. The van der Waals surface area contributed by atoms with E-state index in [1.807, 2.05) is 11.9 Å². The van der Waals surface area contributed by atoms with Crippen LogP contribution in [0.1, 0.15) is 34.3 Å². The second-order valence-corrected chi connectivity index (χ2v) is 6.75. The highest BCUT2D eigenvalue weighted by Crippen LogP contribution is 2.30. The third-order valence-electron chi connectivity index (χ3n) is 4.61. The van der Waals surface area contributed by atoms with E-state index < -0.39 is 0 Å². The maximum absolute atomic E-state index is 12.6. The van der Waals surface area contributed by atoms with Gasteiger partial charge in [0.1, 0.15) is 11.4 Å². The second kappa shape index (κ2) is 6.10. The summed E-state index contributed by atoms with van der Waals surface area (Å²) in [6.07, 6.45) is 7.20. The topological polar surface area (TPSA) is 85.1 Å². The Morgan fingerprint density at radius 1 is 1.17 bits per heavy atom. The molecular weight excluding hydrogens is 308 g/mol. The molecule has 1 N–H and O–H groups in total. The van der Waals surface area contributed by atoms with Crippen LogP contribution in [0.4, 0.5) is 0 Å². The first-order valence-corrected chi connectivity index (χ1v) is 7.90. The molecule has 2 aromatic heterocycles. The quantitative estimate of drug-likeness (QED) is 0.881. The highest BCUT2D eigenvalue weighted by Gasteiger charge is 2.37. The van der Waals surface area contributed by atoms with Crippen LogP contribution < -0.4 is 5.32 Å². The second-order valence-electron chi connectivity index (χ2n) is 6.75. The number of carbonyl (C=O) groups excluding carboxylic acids is 2. The summed E-state index contributed by atoms with van der Waals surface area (Å²) < 4.78 is 3.41. The van der Waals surface area contributed by atoms with Crippen molar-refractivity contribution >= 4 is 11.8 Å². The van der Waals surface area contributed by atoms with E-state index in [9.17, 15) is 9.59 Å². The molecule has 1 aliphatic heterocycles. The molecule has 2 aromatic rings. The fourth-order valence-corrected chi connectivity index (χ4v) is 3.03. The summed E-state index contributed by atoms with van der Waals surface area (Å²) in [6.45, 7) is 3.91. The van der Waals surface area contributed by atoms with Gasteiger partial charge < -0.3 is 19.4 Å². The molecule has 2 amide bonds. The summed E-state index contributed by atoms with van der Waals surface area (Å²) in [5, 5.41) is 2.96. The van der Waals surface area contributed by atoms with Crippen molar-refractivity contribution in [2.75, 3.05) is 19.6 Å². The minimum absolute atomic E-state index is 0.0170. The lowest BCUT2D eigenvalue weighted by Gasteiger charge is -2.25. The van der Waals surface area contributed by atoms with E-state index in [0.29, 0.717) is 31.0 Å². The van der Waals surface area contributed by atoms with Crippen molar-refractivity contribution in [2.45, 2.75) is 13.3 Å². The Morgan fingerprint density at radius 3 is 2.38 bits per heavy atom. The summed E-state index contributed by atoms with van der Waals surface area (Å²) in [6, 6.07) is 0. The van der Waals surface area contributed by atoms with Crippen molar-refractivity contribution in [1.82, 2.24) is 29.3 Å². The minimum atomic E-state index is -0.146. The molecule has 8 heteroatoms. The van der Waals surface area contributed by atoms with E-state index in [0.717, 1.165) is 6.42 Å². The van der Waals surface area contributed by atoms with Gasteiger partial charge >= 0.3 is 0 Å². The molecule has 0 aromatic carbocycles. The number of aromatic nitrogens is 4. The molecule has 0 saturated carbocycles. The first kappa shape index (κ1) is 16.2. The summed E-state index contributed by atoms with van der Waals surface area (Å²) in [5.41, 5.74) is 0.972. The number of rotatable bonds is 4. The molecule has 8 nitrogen and oxygen atoms in total. The maximum Gasteiger partial charge on any atom is 0.272 e. The van der Waals surface area contributed by atoms with Crippen LogP contribution in [0.3, 0.4) is 0 Å². The van der Waals surface area contributed by atoms with E-state index in [4.69, 9.17) is 0 Å². The van der Waals surface area contributed by atoms with Crippen LogP contribution in [-0.2, 0) is 14.1 Å². The maximum atomic E-state index is 12.6. The van der Waals surface area contributed by atoms with Gasteiger partial charge in [0.05, 0.1) is 25.0 Å². The van der Waals surface area contributed by atoms with Crippen molar-refractivity contribution in [3.63, 3.8) is 0 Å². The summed E-state index contributed by atoms with van der Waals surface area (Å²) in [5.74, 6) is -0.163. The summed E-state index contributed by atoms with van der Waals surface area (Å²) >= 11 is 0. The predicted molar refractivity (Wildman–Crippen MR) is 87.4 cm³/mol. The standard InChI is InChI=1S/C16H22N6O2/c1-16(8-19-14(23)12-6-17-10-20(12)2)4-5-22(9-16)15(24)13-7-18-11-21(13)3/h6-7,10-11H,4-5,8-9H2,1-3H3,(H,19,23). The Balaban J connectivity index is 1.60. The number of carbonyl (C=O) groups is 2. The first-order chi connectivity index (χ1) is 11.4. The smallest absolute Gasteiger partial charge is 0.272 e. The fraction of sp³-hybridized carbons (Fsp3) is 0.500. The molecule has 0 spiro atoms. The molecule has 3 heterocycles. The number of likely N-dealkylation sites (tertiary alicyclic amines) is 1. The Morgan fingerprint density at radius 2 is 1.79 bits per heavy atom. The van der Waals surface area contributed by atoms with E-state index in [1.165, 1.54) is 0 Å². The largest absolute Gasteiger partial charge is 0.350 e. The highest BCUT2D eigenvalue weighted by molar-refractivity contribution is 5.93. The van der Waals surface area contributed by atoms with Crippen molar-refractivity contribution in [3.05, 3.63) is 36.4 Å². The van der Waals surface area contributed by atoms with Crippen LogP contribution in [0, 0.1) is 5.41 Å². The normalized spacial score (nSPS) is 20.4. The number of aryl methyl sites for hydroxylation is 2. The molecule has 24 heavy (non-hydrogen) atoms. The third kappa shape index (κ3) is 3.04. The number of hydrogen-bond acceptors (Lipinski definition) is 4. The number of nitrogens with one attached hydrogen (secondary N) is 1. The van der Waals surface area contributed by atoms with Gasteiger partial charge in [-0.2, -0.15) is 0 Å². The van der Waals surface area contributed by atoms with E-state index in [-0.39, 0.29) is 17.2 Å². The minimum Gasteiger partial charge on any atom is -0.350 e. The SMILES string of the molecule is Cn1cncc1C(=O)NCC1(C)CCN(C(=O)c2cncn2C)C1.